The number of aromatic nitrogens is 1. The van der Waals surface area contributed by atoms with Crippen molar-refractivity contribution in [3.05, 3.63) is 70.9 Å². The van der Waals surface area contributed by atoms with Crippen LogP contribution in [0, 0.1) is 0 Å². The van der Waals surface area contributed by atoms with E-state index in [9.17, 15) is 14.4 Å². The molecule has 8 heteroatoms. The number of nitrogens with one attached hydrogen (secondary N) is 1. The average Bonchev–Trinajstić information content (AvgIpc) is 2.85. The second kappa shape index (κ2) is 10.0. The lowest BCUT2D eigenvalue weighted by molar-refractivity contribution is -0.124. The number of carbonyl (C=O) groups is 3. The fourth-order valence-electron chi connectivity index (χ4n) is 4.28. The monoisotopic (exact) mass is 460 g/mol. The highest BCUT2D eigenvalue weighted by Gasteiger charge is 2.29. The van der Waals surface area contributed by atoms with Crippen molar-refractivity contribution in [2.24, 2.45) is 5.73 Å². The fraction of sp³-hybridized carbons (Fsp3) is 0.308. The van der Waals surface area contributed by atoms with E-state index >= 15 is 0 Å². The molecule has 0 spiro atoms. The molecule has 2 aromatic carbocycles. The Labute approximate surface area is 198 Å². The van der Waals surface area contributed by atoms with Gasteiger partial charge in [0.05, 0.1) is 22.3 Å². The average molecular weight is 461 g/mol. The molecule has 1 unspecified atom stereocenters. The smallest absolute Gasteiger partial charge is 0.340 e. The zero-order valence-corrected chi connectivity index (χ0v) is 19.3. The van der Waals surface area contributed by atoms with Gasteiger partial charge >= 0.3 is 5.97 Å². The van der Waals surface area contributed by atoms with Crippen molar-refractivity contribution in [2.75, 3.05) is 18.4 Å². The highest BCUT2D eigenvalue weighted by atomic mass is 16.5. The van der Waals surface area contributed by atoms with Crippen LogP contribution < -0.4 is 11.1 Å². The van der Waals surface area contributed by atoms with Crippen LogP contribution in [0.4, 0.5) is 5.69 Å². The number of pyridine rings is 1. The molecule has 1 aliphatic rings. The summed E-state index contributed by atoms with van der Waals surface area (Å²) < 4.78 is 5.75. The van der Waals surface area contributed by atoms with Crippen LogP contribution in [-0.4, -0.2) is 46.9 Å². The van der Waals surface area contributed by atoms with Gasteiger partial charge in [-0.15, -0.1) is 0 Å². The van der Waals surface area contributed by atoms with Crippen molar-refractivity contribution in [3.63, 3.8) is 0 Å². The third kappa shape index (κ3) is 4.63. The number of para-hydroxylation sites is 2. The minimum atomic E-state index is -1.04. The molecule has 4 rings (SSSR count). The summed E-state index contributed by atoms with van der Waals surface area (Å²) in [6.07, 6.45) is -0.0275. The van der Waals surface area contributed by atoms with Gasteiger partial charge in [0.15, 0.2) is 6.10 Å². The maximum absolute atomic E-state index is 13.5. The molecule has 0 fully saturated rings. The summed E-state index contributed by atoms with van der Waals surface area (Å²) in [5.74, 6) is -1.73. The number of hydrogen-bond acceptors (Lipinski definition) is 6. The van der Waals surface area contributed by atoms with Crippen LogP contribution in [0.1, 0.15) is 52.2 Å². The van der Waals surface area contributed by atoms with E-state index in [0.717, 1.165) is 36.3 Å². The molecule has 1 atom stereocenters. The number of likely N-dealkylation sites (N-methyl/N-ethyl adjacent to an activating group) is 1. The largest absolute Gasteiger partial charge is 0.449 e. The first-order valence-electron chi connectivity index (χ1n) is 11.5. The van der Waals surface area contributed by atoms with E-state index in [1.165, 1.54) is 6.07 Å². The maximum atomic E-state index is 13.5. The Morgan fingerprint density at radius 2 is 1.85 bits per heavy atom. The number of benzene rings is 2. The van der Waals surface area contributed by atoms with Gasteiger partial charge in [-0.2, -0.15) is 0 Å². The molecule has 176 valence electrons. The zero-order chi connectivity index (χ0) is 24.2. The number of esters is 1. The maximum Gasteiger partial charge on any atom is 0.340 e. The molecule has 2 heterocycles. The van der Waals surface area contributed by atoms with Crippen molar-refractivity contribution in [2.45, 2.75) is 39.3 Å². The minimum Gasteiger partial charge on any atom is -0.449 e. The van der Waals surface area contributed by atoms with E-state index in [1.807, 2.05) is 24.3 Å². The Hall–Kier alpha value is -3.78. The molecule has 0 radical (unpaired) electrons. The quantitative estimate of drug-likeness (QED) is 0.523. The van der Waals surface area contributed by atoms with Crippen molar-refractivity contribution in [1.82, 2.24) is 9.88 Å². The highest BCUT2D eigenvalue weighted by Crippen LogP contribution is 2.29. The number of carbonyl (C=O) groups excluding carboxylic acids is 3. The van der Waals surface area contributed by atoms with Crippen LogP contribution in [0.25, 0.3) is 10.9 Å². The van der Waals surface area contributed by atoms with Crippen LogP contribution in [0.15, 0.2) is 48.5 Å². The predicted molar refractivity (Wildman–Crippen MR) is 129 cm³/mol. The first-order chi connectivity index (χ1) is 16.4. The van der Waals surface area contributed by atoms with Crippen molar-refractivity contribution in [3.8, 4) is 0 Å². The van der Waals surface area contributed by atoms with Gasteiger partial charge < -0.3 is 15.8 Å². The number of rotatable bonds is 7. The van der Waals surface area contributed by atoms with E-state index in [4.69, 9.17) is 15.5 Å². The first kappa shape index (κ1) is 23.4. The Morgan fingerprint density at radius 3 is 2.59 bits per heavy atom. The Balaban J connectivity index is 1.64. The predicted octanol–water partition coefficient (Wildman–Crippen LogP) is 3.29. The molecule has 2 amide bonds. The molecular formula is C26H28N4O4. The summed E-state index contributed by atoms with van der Waals surface area (Å²) in [5, 5.41) is 3.38. The topological polar surface area (TPSA) is 115 Å². The summed E-state index contributed by atoms with van der Waals surface area (Å²) in [6, 6.07) is 13.9. The molecule has 0 bridgehead atoms. The first-order valence-corrected chi connectivity index (χ1v) is 11.5. The Bertz CT molecular complexity index is 1260. The second-order valence-electron chi connectivity index (χ2n) is 8.25. The van der Waals surface area contributed by atoms with Crippen molar-refractivity contribution in [1.29, 1.82) is 0 Å². The second-order valence-corrected chi connectivity index (χ2v) is 8.25. The number of primary amides is 1. The lowest BCUT2D eigenvalue weighted by Crippen LogP contribution is -2.35. The highest BCUT2D eigenvalue weighted by molar-refractivity contribution is 6.07. The van der Waals surface area contributed by atoms with Crippen LogP contribution in [0.3, 0.4) is 0 Å². The molecule has 0 aliphatic carbocycles. The van der Waals surface area contributed by atoms with Gasteiger partial charge in [-0.1, -0.05) is 44.2 Å². The third-order valence-corrected chi connectivity index (χ3v) is 6.14. The molecule has 0 saturated heterocycles. The Morgan fingerprint density at radius 1 is 1.12 bits per heavy atom. The number of fused-ring (bicyclic) bond motifs is 2. The molecule has 3 N–H and O–H groups in total. The fourth-order valence-corrected chi connectivity index (χ4v) is 4.28. The third-order valence-electron chi connectivity index (χ3n) is 6.14. The number of nitrogens with two attached hydrogens (primary N) is 1. The van der Waals surface area contributed by atoms with Crippen molar-refractivity contribution >= 4 is 34.4 Å². The molecule has 8 nitrogen and oxygen atoms in total. The number of nitrogens with zero attached hydrogens (tertiary/aromatic N) is 2. The number of amides is 2. The van der Waals surface area contributed by atoms with Crippen LogP contribution in [-0.2, 0) is 22.5 Å². The number of anilines is 1. The van der Waals surface area contributed by atoms with Gasteiger partial charge in [-0.05, 0) is 31.2 Å². The van der Waals surface area contributed by atoms with Gasteiger partial charge in [0.25, 0.3) is 11.8 Å². The summed E-state index contributed by atoms with van der Waals surface area (Å²) in [4.78, 5) is 45.2. The lowest BCUT2D eigenvalue weighted by atomic mass is 9.95. The lowest BCUT2D eigenvalue weighted by Gasteiger charge is -2.29. The minimum absolute atomic E-state index is 0.186. The van der Waals surface area contributed by atoms with E-state index in [1.54, 1.807) is 25.1 Å². The standard InChI is InChI=1S/C26H28N4O4/c1-3-22(25(32)29-20-12-8-6-10-17(20)24(27)31)34-26(33)23-16-9-5-7-11-19(16)28-21-13-14-30(4-2)15-18(21)23/h5-12,22H,3-4,13-15H2,1-2H3,(H2,27,31)(H,29,32). The summed E-state index contributed by atoms with van der Waals surface area (Å²) in [5.41, 5.74) is 8.81. The van der Waals surface area contributed by atoms with Gasteiger partial charge in [-0.25, -0.2) is 4.79 Å². The van der Waals surface area contributed by atoms with Gasteiger partial charge in [0.1, 0.15) is 0 Å². The molecule has 1 aliphatic heterocycles. The normalized spacial score (nSPS) is 14.3. The summed E-state index contributed by atoms with van der Waals surface area (Å²) in [7, 11) is 0. The van der Waals surface area contributed by atoms with Gasteiger partial charge in [0, 0.05) is 36.2 Å². The van der Waals surface area contributed by atoms with Gasteiger partial charge in [-0.3, -0.25) is 19.5 Å². The molecule has 1 aromatic heterocycles. The van der Waals surface area contributed by atoms with Crippen molar-refractivity contribution < 1.29 is 19.1 Å². The van der Waals surface area contributed by atoms with E-state index in [0.29, 0.717) is 17.5 Å². The summed E-state index contributed by atoms with van der Waals surface area (Å²) in [6.45, 7) is 6.18. The molecular weight excluding hydrogens is 432 g/mol. The molecule has 0 saturated carbocycles. The summed E-state index contributed by atoms with van der Waals surface area (Å²) >= 11 is 0. The molecule has 3 aromatic rings. The van der Waals surface area contributed by atoms with Crippen LogP contribution in [0.2, 0.25) is 0 Å². The number of hydrogen-bond donors (Lipinski definition) is 2. The van der Waals surface area contributed by atoms with E-state index < -0.39 is 23.9 Å². The van der Waals surface area contributed by atoms with Gasteiger partial charge in [0.2, 0.25) is 0 Å². The van der Waals surface area contributed by atoms with E-state index in [2.05, 4.69) is 17.1 Å². The SMILES string of the molecule is CCC(OC(=O)c1c2c(nc3ccccc13)CCN(CC)C2)C(=O)Nc1ccccc1C(N)=O. The molecule has 34 heavy (non-hydrogen) atoms. The Kier molecular flexibility index (Phi) is 6.88. The zero-order valence-electron chi connectivity index (χ0n) is 19.3. The van der Waals surface area contributed by atoms with E-state index in [-0.39, 0.29) is 17.7 Å². The van der Waals surface area contributed by atoms with Crippen LogP contribution in [0.5, 0.6) is 0 Å². The number of ether oxygens (including phenoxy) is 1. The van der Waals surface area contributed by atoms with Crippen LogP contribution >= 0.6 is 0 Å².